The van der Waals surface area contributed by atoms with Crippen LogP contribution >= 0.6 is 0 Å². The number of fused-ring (bicyclic) bond motifs is 2. The zero-order chi connectivity index (χ0) is 13.9. The van der Waals surface area contributed by atoms with Crippen LogP contribution < -0.4 is 5.32 Å². The van der Waals surface area contributed by atoms with Crippen LogP contribution in [0.15, 0.2) is 0 Å². The van der Waals surface area contributed by atoms with Crippen LogP contribution in [-0.2, 0) is 9.47 Å². The summed E-state index contributed by atoms with van der Waals surface area (Å²) in [5.74, 6) is 0.642. The van der Waals surface area contributed by atoms with Crippen LogP contribution in [-0.4, -0.2) is 48.7 Å². The second kappa shape index (κ2) is 6.73. The van der Waals surface area contributed by atoms with E-state index in [0.717, 1.165) is 12.8 Å². The lowest BCUT2D eigenvalue weighted by atomic mass is 9.88. The molecule has 4 heteroatoms. The molecule has 0 radical (unpaired) electrons. The molecule has 6 atom stereocenters. The molecule has 0 aromatic carbocycles. The van der Waals surface area contributed by atoms with Gasteiger partial charge in [0.1, 0.15) is 0 Å². The molecular formula is C16H29NO3. The Kier molecular flexibility index (Phi) is 4.97. The van der Waals surface area contributed by atoms with Crippen molar-refractivity contribution in [3.8, 4) is 0 Å². The molecule has 1 saturated carbocycles. The zero-order valence-corrected chi connectivity index (χ0v) is 12.6. The molecule has 2 N–H and O–H groups in total. The topological polar surface area (TPSA) is 50.7 Å². The number of aliphatic hydroxyl groups is 1. The first-order valence-electron chi connectivity index (χ1n) is 8.41. The number of rotatable bonds is 6. The van der Waals surface area contributed by atoms with E-state index in [1.54, 1.807) is 0 Å². The van der Waals surface area contributed by atoms with Gasteiger partial charge in [-0.25, -0.2) is 0 Å². The summed E-state index contributed by atoms with van der Waals surface area (Å²) in [6.07, 6.45) is 9.32. The number of aliphatic hydroxyl groups excluding tert-OH is 1. The average molecular weight is 283 g/mol. The van der Waals surface area contributed by atoms with Crippen molar-refractivity contribution in [2.24, 2.45) is 5.92 Å². The summed E-state index contributed by atoms with van der Waals surface area (Å²) in [4.78, 5) is 0. The molecule has 2 saturated heterocycles. The third-order valence-corrected chi connectivity index (χ3v) is 5.26. The first-order chi connectivity index (χ1) is 9.72. The summed E-state index contributed by atoms with van der Waals surface area (Å²) in [6, 6.07) is 0.442. The van der Waals surface area contributed by atoms with E-state index in [0.29, 0.717) is 43.4 Å². The van der Waals surface area contributed by atoms with Gasteiger partial charge >= 0.3 is 0 Å². The van der Waals surface area contributed by atoms with Crippen LogP contribution in [0.3, 0.4) is 0 Å². The van der Waals surface area contributed by atoms with Crippen molar-refractivity contribution >= 4 is 0 Å². The molecule has 2 heterocycles. The van der Waals surface area contributed by atoms with Crippen molar-refractivity contribution < 1.29 is 14.6 Å². The molecule has 0 amide bonds. The minimum atomic E-state index is -0.400. The Morgan fingerprint density at radius 1 is 1.25 bits per heavy atom. The van der Waals surface area contributed by atoms with E-state index in [2.05, 4.69) is 12.2 Å². The van der Waals surface area contributed by atoms with Crippen LogP contribution in [0.1, 0.15) is 51.9 Å². The van der Waals surface area contributed by atoms with Gasteiger partial charge in [-0.2, -0.15) is 0 Å². The maximum atomic E-state index is 10.1. The van der Waals surface area contributed by atoms with Crippen LogP contribution in [0.5, 0.6) is 0 Å². The van der Waals surface area contributed by atoms with E-state index >= 15 is 0 Å². The van der Waals surface area contributed by atoms with E-state index in [4.69, 9.17) is 9.47 Å². The molecule has 3 fully saturated rings. The molecule has 4 nitrogen and oxygen atoms in total. The molecule has 0 aromatic rings. The van der Waals surface area contributed by atoms with Gasteiger partial charge in [-0.3, -0.25) is 0 Å². The summed E-state index contributed by atoms with van der Waals surface area (Å²) in [5, 5.41) is 13.5. The fourth-order valence-electron chi connectivity index (χ4n) is 3.96. The minimum Gasteiger partial charge on any atom is -0.389 e. The molecule has 6 unspecified atom stereocenters. The fourth-order valence-corrected chi connectivity index (χ4v) is 3.96. The van der Waals surface area contributed by atoms with Crippen LogP contribution in [0.25, 0.3) is 0 Å². The molecule has 2 bridgehead atoms. The van der Waals surface area contributed by atoms with E-state index < -0.39 is 6.10 Å². The fraction of sp³-hybridized carbons (Fsp3) is 1.00. The normalized spacial score (nSPS) is 42.0. The molecule has 3 aliphatic rings. The van der Waals surface area contributed by atoms with E-state index in [1.807, 2.05) is 0 Å². The smallest absolute Gasteiger partial charge is 0.0897 e. The van der Waals surface area contributed by atoms with E-state index in [-0.39, 0.29) is 0 Å². The Labute approximate surface area is 122 Å². The van der Waals surface area contributed by atoms with E-state index in [9.17, 15) is 5.11 Å². The molecule has 1 aliphatic carbocycles. The summed E-state index contributed by atoms with van der Waals surface area (Å²) in [6.45, 7) is 3.35. The van der Waals surface area contributed by atoms with Crippen molar-refractivity contribution in [3.05, 3.63) is 0 Å². The first-order valence-corrected chi connectivity index (χ1v) is 8.41. The number of hydrogen-bond acceptors (Lipinski definition) is 4. The molecule has 0 aromatic heterocycles. The summed E-state index contributed by atoms with van der Waals surface area (Å²) in [7, 11) is 0. The summed E-state index contributed by atoms with van der Waals surface area (Å²) in [5.41, 5.74) is 0. The van der Waals surface area contributed by atoms with Gasteiger partial charge in [0.25, 0.3) is 0 Å². The largest absolute Gasteiger partial charge is 0.389 e. The molecule has 0 spiro atoms. The second-order valence-corrected chi connectivity index (χ2v) is 6.91. The van der Waals surface area contributed by atoms with Crippen LogP contribution in [0.4, 0.5) is 0 Å². The Balaban J connectivity index is 1.32. The predicted molar refractivity (Wildman–Crippen MR) is 77.7 cm³/mol. The van der Waals surface area contributed by atoms with Gasteiger partial charge in [0.2, 0.25) is 0 Å². The van der Waals surface area contributed by atoms with Crippen molar-refractivity contribution in [2.45, 2.75) is 82.3 Å². The maximum absolute atomic E-state index is 10.1. The Morgan fingerprint density at radius 3 is 2.80 bits per heavy atom. The highest BCUT2D eigenvalue weighted by atomic mass is 16.5. The lowest BCUT2D eigenvalue weighted by Crippen LogP contribution is -2.43. The second-order valence-electron chi connectivity index (χ2n) is 6.91. The Morgan fingerprint density at radius 2 is 2.10 bits per heavy atom. The van der Waals surface area contributed by atoms with E-state index in [1.165, 1.54) is 32.1 Å². The number of hydrogen-bond donors (Lipinski definition) is 2. The van der Waals surface area contributed by atoms with Gasteiger partial charge in [0.15, 0.2) is 0 Å². The van der Waals surface area contributed by atoms with Gasteiger partial charge in [-0.05, 0) is 38.0 Å². The van der Waals surface area contributed by atoms with Gasteiger partial charge in [-0.1, -0.05) is 19.8 Å². The van der Waals surface area contributed by atoms with Gasteiger partial charge < -0.3 is 19.9 Å². The maximum Gasteiger partial charge on any atom is 0.0897 e. The monoisotopic (exact) mass is 283 g/mol. The van der Waals surface area contributed by atoms with Gasteiger partial charge in [0, 0.05) is 12.6 Å². The number of ether oxygens (including phenoxy) is 2. The first kappa shape index (κ1) is 14.8. The van der Waals surface area contributed by atoms with Crippen LogP contribution in [0.2, 0.25) is 0 Å². The lowest BCUT2D eigenvalue weighted by molar-refractivity contribution is -0.0459. The Bertz CT molecular complexity index is 306. The zero-order valence-electron chi connectivity index (χ0n) is 12.6. The predicted octanol–water partition coefficient (Wildman–Crippen LogP) is 1.85. The highest BCUT2D eigenvalue weighted by Crippen LogP contribution is 2.34. The molecule has 20 heavy (non-hydrogen) atoms. The standard InChI is InChI=1S/C16H29NO3/c1-11-4-2-3-5-15(11)19-10-12(18)9-17-14-8-13-6-7-16(14)20-13/h11-18H,2-10H2,1H3. The van der Waals surface area contributed by atoms with Crippen molar-refractivity contribution in [1.82, 2.24) is 5.32 Å². The molecule has 116 valence electrons. The minimum absolute atomic E-state index is 0.351. The Hall–Kier alpha value is -0.160. The third kappa shape index (κ3) is 3.53. The van der Waals surface area contributed by atoms with Gasteiger partial charge in [0.05, 0.1) is 31.0 Å². The quantitative estimate of drug-likeness (QED) is 0.781. The molecule has 3 rings (SSSR count). The average Bonchev–Trinajstić information content (AvgIpc) is 3.06. The highest BCUT2D eigenvalue weighted by molar-refractivity contribution is 4.94. The molecular weight excluding hydrogens is 254 g/mol. The van der Waals surface area contributed by atoms with Crippen LogP contribution in [0, 0.1) is 5.92 Å². The molecule has 2 aliphatic heterocycles. The summed E-state index contributed by atoms with van der Waals surface area (Å²) < 4.78 is 11.7. The third-order valence-electron chi connectivity index (χ3n) is 5.26. The summed E-state index contributed by atoms with van der Waals surface area (Å²) >= 11 is 0. The van der Waals surface area contributed by atoms with Crippen molar-refractivity contribution in [3.63, 3.8) is 0 Å². The number of nitrogens with one attached hydrogen (secondary N) is 1. The van der Waals surface area contributed by atoms with Crippen molar-refractivity contribution in [2.75, 3.05) is 13.2 Å². The highest BCUT2D eigenvalue weighted by Gasteiger charge is 2.40. The lowest BCUT2D eigenvalue weighted by Gasteiger charge is -2.30. The SMILES string of the molecule is CC1CCCCC1OCC(O)CNC1CC2CCC1O2. The van der Waals surface area contributed by atoms with Crippen molar-refractivity contribution in [1.29, 1.82) is 0 Å². The van der Waals surface area contributed by atoms with Gasteiger partial charge in [-0.15, -0.1) is 0 Å².